The van der Waals surface area contributed by atoms with Gasteiger partial charge in [-0.25, -0.2) is 0 Å². The molecule has 0 saturated carbocycles. The summed E-state index contributed by atoms with van der Waals surface area (Å²) in [5, 5.41) is 1.18. The van der Waals surface area contributed by atoms with E-state index in [1.54, 1.807) is 7.05 Å². The van der Waals surface area contributed by atoms with Gasteiger partial charge in [0.1, 0.15) is 0 Å². The first-order valence-electron chi connectivity index (χ1n) is 10.2. The van der Waals surface area contributed by atoms with Crippen molar-refractivity contribution in [1.82, 2.24) is 14.8 Å². The van der Waals surface area contributed by atoms with Crippen LogP contribution in [-0.2, 0) is 4.79 Å². The molecule has 1 amide bonds. The molecule has 0 aliphatic carbocycles. The van der Waals surface area contributed by atoms with Gasteiger partial charge < -0.3 is 9.80 Å². The molecule has 1 aromatic carbocycles. The average molecular weight is 380 g/mol. The number of anilines is 1. The molecule has 28 heavy (non-hydrogen) atoms. The zero-order valence-electron chi connectivity index (χ0n) is 16.8. The van der Waals surface area contributed by atoms with Crippen LogP contribution >= 0.6 is 0 Å². The number of pyridine rings is 1. The van der Waals surface area contributed by atoms with Crippen LogP contribution in [0, 0.1) is 0 Å². The number of fused-ring (bicyclic) bond motifs is 1. The number of hydrogen-bond donors (Lipinski definition) is 0. The zero-order valence-corrected chi connectivity index (χ0v) is 16.8. The number of hydrogen-bond acceptors (Lipinski definition) is 5. The van der Waals surface area contributed by atoms with Gasteiger partial charge in [-0.15, -0.1) is 0 Å². The fraction of sp³-hybridized carbons (Fsp3) is 0.500. The van der Waals surface area contributed by atoms with Crippen molar-refractivity contribution in [3.8, 4) is 0 Å². The summed E-state index contributed by atoms with van der Waals surface area (Å²) < 4.78 is 0. The van der Waals surface area contributed by atoms with Gasteiger partial charge in [0.15, 0.2) is 0 Å². The van der Waals surface area contributed by atoms with E-state index >= 15 is 0 Å². The largest absolute Gasteiger partial charge is 0.370 e. The lowest BCUT2D eigenvalue weighted by molar-refractivity contribution is -0.131. The average Bonchev–Trinajstić information content (AvgIpc) is 3.37. The first-order valence-corrected chi connectivity index (χ1v) is 10.2. The van der Waals surface area contributed by atoms with E-state index in [2.05, 4.69) is 51.1 Å². The van der Waals surface area contributed by atoms with Crippen LogP contribution < -0.4 is 4.90 Å². The molecule has 6 heteroatoms. The minimum absolute atomic E-state index is 0.182. The Morgan fingerprint density at radius 3 is 3.04 bits per heavy atom. The molecule has 0 radical (unpaired) electrons. The van der Waals surface area contributed by atoms with E-state index in [0.717, 1.165) is 44.4 Å². The van der Waals surface area contributed by atoms with Crippen molar-refractivity contribution in [2.75, 3.05) is 45.2 Å². The molecule has 2 fully saturated rings. The Hall–Kier alpha value is -2.47. The predicted octanol–water partition coefficient (Wildman–Crippen LogP) is 2.44. The highest BCUT2D eigenvalue weighted by atomic mass is 16.2. The molecule has 4 rings (SSSR count). The van der Waals surface area contributed by atoms with Crippen LogP contribution in [0.3, 0.4) is 0 Å². The summed E-state index contributed by atoms with van der Waals surface area (Å²) >= 11 is 0. The maximum Gasteiger partial charge on any atom is 0.237 e. The van der Waals surface area contributed by atoms with E-state index in [1.807, 2.05) is 23.4 Å². The number of rotatable bonds is 5. The number of nitrogens with zero attached hydrogens (tertiary/aromatic N) is 5. The van der Waals surface area contributed by atoms with Crippen LogP contribution in [0.25, 0.3) is 10.9 Å². The summed E-state index contributed by atoms with van der Waals surface area (Å²) in [6.07, 6.45) is 6.93. The molecule has 148 valence electrons. The molecular formula is C22H29N5O. The van der Waals surface area contributed by atoms with Crippen LogP contribution in [0.1, 0.15) is 19.3 Å². The minimum Gasteiger partial charge on any atom is -0.370 e. The standard InChI is InChI=1S/C22H29N5O/c1-23-14-17-6-5-12-27(17)22(28)16-26-13-10-18(15-26)25(2)21-9-3-8-20-19(21)7-4-11-24-20/h3-4,7-9,11,14,17-18H,5-6,10,12-13,15-16H2,1-2H3/t17?,18-/m1/s1. The SMILES string of the molecule is CN=CC1CCCN1C(=O)CN1CC[C@@H](N(C)c2cccc3ncccc23)C1. The predicted molar refractivity (Wildman–Crippen MR) is 114 cm³/mol. The molecule has 6 nitrogen and oxygen atoms in total. The molecule has 1 aromatic heterocycles. The molecule has 0 spiro atoms. The fourth-order valence-electron chi connectivity index (χ4n) is 4.57. The molecule has 2 saturated heterocycles. The Morgan fingerprint density at radius 2 is 2.18 bits per heavy atom. The molecule has 2 atom stereocenters. The summed E-state index contributed by atoms with van der Waals surface area (Å²) in [4.78, 5) is 28.1. The topological polar surface area (TPSA) is 52.0 Å². The summed E-state index contributed by atoms with van der Waals surface area (Å²) in [6, 6.07) is 11.0. The third kappa shape index (κ3) is 3.74. The summed E-state index contributed by atoms with van der Waals surface area (Å²) in [5.41, 5.74) is 2.23. The summed E-state index contributed by atoms with van der Waals surface area (Å²) in [7, 11) is 3.94. The molecule has 0 bridgehead atoms. The molecule has 3 heterocycles. The van der Waals surface area contributed by atoms with E-state index in [-0.39, 0.29) is 11.9 Å². The van der Waals surface area contributed by atoms with Crippen molar-refractivity contribution in [3.05, 3.63) is 36.5 Å². The molecule has 0 N–H and O–H groups in total. The molecule has 2 aromatic rings. The number of amides is 1. The van der Waals surface area contributed by atoms with E-state index in [4.69, 9.17) is 0 Å². The van der Waals surface area contributed by atoms with Crippen LogP contribution in [0.4, 0.5) is 5.69 Å². The second kappa shape index (κ2) is 8.27. The van der Waals surface area contributed by atoms with E-state index < -0.39 is 0 Å². The van der Waals surface area contributed by atoms with E-state index in [9.17, 15) is 4.79 Å². The van der Waals surface area contributed by atoms with Crippen LogP contribution in [0.15, 0.2) is 41.5 Å². The number of likely N-dealkylation sites (N-methyl/N-ethyl adjacent to an activating group) is 1. The van der Waals surface area contributed by atoms with Crippen LogP contribution in [-0.4, -0.2) is 79.3 Å². The second-order valence-corrected chi connectivity index (χ2v) is 7.84. The number of benzene rings is 1. The monoisotopic (exact) mass is 379 g/mol. The van der Waals surface area contributed by atoms with Crippen molar-refractivity contribution >= 4 is 28.7 Å². The highest BCUT2D eigenvalue weighted by Crippen LogP contribution is 2.28. The summed E-state index contributed by atoms with van der Waals surface area (Å²) in [5.74, 6) is 0.236. The number of aromatic nitrogens is 1. The maximum absolute atomic E-state index is 12.8. The first kappa shape index (κ1) is 18.9. The minimum atomic E-state index is 0.182. The van der Waals surface area contributed by atoms with Gasteiger partial charge in [0.2, 0.25) is 5.91 Å². The normalized spacial score (nSPS) is 23.1. The summed E-state index contributed by atoms with van der Waals surface area (Å²) in [6.45, 7) is 3.24. The van der Waals surface area contributed by atoms with Crippen LogP contribution in [0.2, 0.25) is 0 Å². The molecule has 2 aliphatic heterocycles. The van der Waals surface area contributed by atoms with Crippen LogP contribution in [0.5, 0.6) is 0 Å². The third-order valence-electron chi connectivity index (χ3n) is 6.10. The van der Waals surface area contributed by atoms with Crippen molar-refractivity contribution in [1.29, 1.82) is 0 Å². The van der Waals surface area contributed by atoms with Gasteiger partial charge in [0, 0.05) is 63.3 Å². The van der Waals surface area contributed by atoms with Crippen molar-refractivity contribution < 1.29 is 4.79 Å². The van der Waals surface area contributed by atoms with E-state index in [0.29, 0.717) is 12.6 Å². The highest BCUT2D eigenvalue weighted by molar-refractivity contribution is 5.91. The smallest absolute Gasteiger partial charge is 0.237 e. The molecule has 2 aliphatic rings. The van der Waals surface area contributed by atoms with Gasteiger partial charge in [-0.3, -0.25) is 19.7 Å². The lowest BCUT2D eigenvalue weighted by atomic mass is 10.1. The Balaban J connectivity index is 1.40. The zero-order chi connectivity index (χ0) is 19.5. The Labute approximate surface area is 166 Å². The van der Waals surface area contributed by atoms with Gasteiger partial charge in [-0.1, -0.05) is 6.07 Å². The highest BCUT2D eigenvalue weighted by Gasteiger charge is 2.32. The lowest BCUT2D eigenvalue weighted by Crippen LogP contribution is -2.43. The van der Waals surface area contributed by atoms with Gasteiger partial charge in [-0.2, -0.15) is 0 Å². The molecular weight excluding hydrogens is 350 g/mol. The van der Waals surface area contributed by atoms with Gasteiger partial charge >= 0.3 is 0 Å². The van der Waals surface area contributed by atoms with Crippen molar-refractivity contribution in [2.45, 2.75) is 31.3 Å². The molecule has 1 unspecified atom stereocenters. The number of likely N-dealkylation sites (tertiary alicyclic amines) is 2. The quantitative estimate of drug-likeness (QED) is 0.749. The van der Waals surface area contributed by atoms with E-state index in [1.165, 1.54) is 11.1 Å². The van der Waals surface area contributed by atoms with Gasteiger partial charge in [0.25, 0.3) is 0 Å². The van der Waals surface area contributed by atoms with Crippen molar-refractivity contribution in [2.24, 2.45) is 4.99 Å². The van der Waals surface area contributed by atoms with Gasteiger partial charge in [0.05, 0.1) is 18.1 Å². The number of carbonyl (C=O) groups is 1. The Bertz CT molecular complexity index is 862. The lowest BCUT2D eigenvalue weighted by Gasteiger charge is -2.29. The number of aliphatic imine (C=N–C) groups is 1. The Morgan fingerprint density at radius 1 is 1.29 bits per heavy atom. The maximum atomic E-state index is 12.8. The first-order chi connectivity index (χ1) is 13.7. The Kier molecular flexibility index (Phi) is 5.57. The number of carbonyl (C=O) groups excluding carboxylic acids is 1. The van der Waals surface area contributed by atoms with Crippen molar-refractivity contribution in [3.63, 3.8) is 0 Å². The third-order valence-corrected chi connectivity index (χ3v) is 6.10. The van der Waals surface area contributed by atoms with Gasteiger partial charge in [-0.05, 0) is 43.5 Å². The fourth-order valence-corrected chi connectivity index (χ4v) is 4.57. The second-order valence-electron chi connectivity index (χ2n) is 7.84.